The third-order valence-electron chi connectivity index (χ3n) is 2.31. The summed E-state index contributed by atoms with van der Waals surface area (Å²) in [6.07, 6.45) is 7.56. The molecule has 2 heterocycles. The zero-order valence-corrected chi connectivity index (χ0v) is 9.01. The van der Waals surface area contributed by atoms with Crippen LogP contribution < -0.4 is 5.32 Å². The fourth-order valence-corrected chi connectivity index (χ4v) is 1.45. The predicted octanol–water partition coefficient (Wildman–Crippen LogP) is 0.443. The molecule has 2 aromatic rings. The van der Waals surface area contributed by atoms with E-state index in [0.29, 0.717) is 0 Å². The van der Waals surface area contributed by atoms with Crippen molar-refractivity contribution in [2.24, 2.45) is 14.1 Å². The van der Waals surface area contributed by atoms with Crippen LogP contribution in [0.1, 0.15) is 11.3 Å². The number of aryl methyl sites for hydroxylation is 2. The van der Waals surface area contributed by atoms with E-state index in [1.54, 1.807) is 11.0 Å². The molecule has 0 aliphatic rings. The van der Waals surface area contributed by atoms with Crippen molar-refractivity contribution in [1.29, 1.82) is 0 Å². The van der Waals surface area contributed by atoms with Crippen molar-refractivity contribution in [3.8, 4) is 0 Å². The van der Waals surface area contributed by atoms with Crippen molar-refractivity contribution < 1.29 is 0 Å². The van der Waals surface area contributed by atoms with E-state index >= 15 is 0 Å². The Morgan fingerprint density at radius 2 is 2.13 bits per heavy atom. The first-order valence-electron chi connectivity index (χ1n) is 4.89. The van der Waals surface area contributed by atoms with Gasteiger partial charge < -0.3 is 9.88 Å². The summed E-state index contributed by atoms with van der Waals surface area (Å²) in [7, 11) is 3.92. The summed E-state index contributed by atoms with van der Waals surface area (Å²) in [6.45, 7) is 1.66. The van der Waals surface area contributed by atoms with Gasteiger partial charge in [-0.1, -0.05) is 0 Å². The molecule has 0 aromatic carbocycles. The van der Waals surface area contributed by atoms with Crippen molar-refractivity contribution in [1.82, 2.24) is 24.6 Å². The zero-order valence-electron chi connectivity index (χ0n) is 9.01. The van der Waals surface area contributed by atoms with Crippen LogP contribution in [0.15, 0.2) is 24.9 Å². The molecular formula is C10H15N5. The van der Waals surface area contributed by atoms with Crippen molar-refractivity contribution in [3.05, 3.63) is 36.2 Å². The number of nitrogens with zero attached hydrogens (tertiary/aromatic N) is 4. The highest BCUT2D eigenvalue weighted by Crippen LogP contribution is 1.98. The second kappa shape index (κ2) is 4.27. The van der Waals surface area contributed by atoms with E-state index in [4.69, 9.17) is 0 Å². The maximum absolute atomic E-state index is 4.11. The summed E-state index contributed by atoms with van der Waals surface area (Å²) >= 11 is 0. The Hall–Kier alpha value is -1.62. The Kier molecular flexibility index (Phi) is 2.82. The highest BCUT2D eigenvalue weighted by Gasteiger charge is 1.98. The molecule has 0 unspecified atom stereocenters. The lowest BCUT2D eigenvalue weighted by Gasteiger charge is -2.03. The Labute approximate surface area is 88.7 Å². The summed E-state index contributed by atoms with van der Waals surface area (Å²) in [6, 6.07) is 0. The smallest absolute Gasteiger partial charge is 0.0945 e. The van der Waals surface area contributed by atoms with Gasteiger partial charge in [-0.3, -0.25) is 4.68 Å². The molecule has 2 rings (SSSR count). The van der Waals surface area contributed by atoms with Gasteiger partial charge in [0.1, 0.15) is 0 Å². The standard InChI is InChI=1S/C10H15N5/c1-14-8-12-6-10(14)5-11-3-9-4-13-15(2)7-9/h4,6-8,11H,3,5H2,1-2H3. The van der Waals surface area contributed by atoms with Crippen LogP contribution in [-0.2, 0) is 27.2 Å². The highest BCUT2D eigenvalue weighted by molar-refractivity contribution is 5.04. The van der Waals surface area contributed by atoms with Gasteiger partial charge >= 0.3 is 0 Å². The zero-order chi connectivity index (χ0) is 10.7. The fourth-order valence-electron chi connectivity index (χ4n) is 1.45. The molecular weight excluding hydrogens is 190 g/mol. The minimum Gasteiger partial charge on any atom is -0.337 e. The molecule has 15 heavy (non-hydrogen) atoms. The largest absolute Gasteiger partial charge is 0.337 e. The van der Waals surface area contributed by atoms with E-state index in [-0.39, 0.29) is 0 Å². The van der Waals surface area contributed by atoms with Crippen molar-refractivity contribution >= 4 is 0 Å². The Morgan fingerprint density at radius 3 is 2.73 bits per heavy atom. The first-order valence-corrected chi connectivity index (χ1v) is 4.89. The van der Waals surface area contributed by atoms with Crippen LogP contribution in [0, 0.1) is 0 Å². The van der Waals surface area contributed by atoms with E-state index < -0.39 is 0 Å². The third kappa shape index (κ3) is 2.44. The monoisotopic (exact) mass is 205 g/mol. The number of hydrogen-bond donors (Lipinski definition) is 1. The summed E-state index contributed by atoms with van der Waals surface area (Å²) in [5.74, 6) is 0. The molecule has 0 bridgehead atoms. The van der Waals surface area contributed by atoms with Crippen LogP contribution in [-0.4, -0.2) is 19.3 Å². The molecule has 2 aromatic heterocycles. The lowest BCUT2D eigenvalue weighted by Crippen LogP contribution is -2.14. The summed E-state index contributed by atoms with van der Waals surface area (Å²) in [5, 5.41) is 7.45. The second-order valence-electron chi connectivity index (χ2n) is 3.62. The quantitative estimate of drug-likeness (QED) is 0.788. The number of imidazole rings is 1. The molecule has 5 nitrogen and oxygen atoms in total. The van der Waals surface area contributed by atoms with Crippen LogP contribution in [0.3, 0.4) is 0 Å². The first kappa shape index (κ1) is 9.92. The molecule has 1 N–H and O–H groups in total. The van der Waals surface area contributed by atoms with Crippen LogP contribution in [0.4, 0.5) is 0 Å². The van der Waals surface area contributed by atoms with Gasteiger partial charge in [0, 0.05) is 45.1 Å². The molecule has 0 aliphatic carbocycles. The Bertz CT molecular complexity index is 428. The minimum atomic E-state index is 0.825. The molecule has 0 aliphatic heterocycles. The molecule has 0 spiro atoms. The van der Waals surface area contributed by atoms with Gasteiger partial charge in [0.25, 0.3) is 0 Å². The van der Waals surface area contributed by atoms with E-state index in [1.165, 1.54) is 11.3 Å². The topological polar surface area (TPSA) is 47.7 Å². The van der Waals surface area contributed by atoms with E-state index in [9.17, 15) is 0 Å². The van der Waals surface area contributed by atoms with Crippen LogP contribution >= 0.6 is 0 Å². The normalized spacial score (nSPS) is 10.8. The lowest BCUT2D eigenvalue weighted by atomic mass is 10.3. The minimum absolute atomic E-state index is 0.825. The molecule has 0 fully saturated rings. The summed E-state index contributed by atoms with van der Waals surface area (Å²) in [5.41, 5.74) is 2.37. The van der Waals surface area contributed by atoms with Gasteiger partial charge in [0.05, 0.1) is 18.2 Å². The van der Waals surface area contributed by atoms with Gasteiger partial charge in [0.2, 0.25) is 0 Å². The molecule has 0 atom stereocenters. The van der Waals surface area contributed by atoms with Gasteiger partial charge in [-0.15, -0.1) is 0 Å². The van der Waals surface area contributed by atoms with Crippen molar-refractivity contribution in [3.63, 3.8) is 0 Å². The number of rotatable bonds is 4. The average molecular weight is 205 g/mol. The maximum atomic E-state index is 4.11. The van der Waals surface area contributed by atoms with Gasteiger partial charge in [-0.2, -0.15) is 5.10 Å². The van der Waals surface area contributed by atoms with Crippen LogP contribution in [0.25, 0.3) is 0 Å². The third-order valence-corrected chi connectivity index (χ3v) is 2.31. The SMILES string of the molecule is Cn1cc(CNCc2cncn2C)cn1. The summed E-state index contributed by atoms with van der Waals surface area (Å²) in [4.78, 5) is 4.06. The highest BCUT2D eigenvalue weighted by atomic mass is 15.2. The average Bonchev–Trinajstić information content (AvgIpc) is 2.77. The number of nitrogens with one attached hydrogen (secondary N) is 1. The number of hydrogen-bond acceptors (Lipinski definition) is 3. The van der Waals surface area contributed by atoms with Gasteiger partial charge in [-0.25, -0.2) is 4.98 Å². The van der Waals surface area contributed by atoms with Crippen LogP contribution in [0.5, 0.6) is 0 Å². The Balaban J connectivity index is 1.83. The first-order chi connectivity index (χ1) is 7.25. The molecule has 5 heteroatoms. The molecule has 0 amide bonds. The number of aromatic nitrogens is 4. The van der Waals surface area contributed by atoms with E-state index in [2.05, 4.69) is 15.4 Å². The van der Waals surface area contributed by atoms with Crippen LogP contribution in [0.2, 0.25) is 0 Å². The van der Waals surface area contributed by atoms with E-state index in [0.717, 1.165) is 13.1 Å². The molecule has 0 saturated heterocycles. The lowest BCUT2D eigenvalue weighted by molar-refractivity contribution is 0.654. The fraction of sp³-hybridized carbons (Fsp3) is 0.400. The molecule has 80 valence electrons. The van der Waals surface area contributed by atoms with Gasteiger partial charge in [-0.05, 0) is 0 Å². The Morgan fingerprint density at radius 1 is 1.27 bits per heavy atom. The second-order valence-corrected chi connectivity index (χ2v) is 3.62. The molecule has 0 saturated carbocycles. The predicted molar refractivity (Wildman–Crippen MR) is 57.0 cm³/mol. The van der Waals surface area contributed by atoms with Crippen molar-refractivity contribution in [2.75, 3.05) is 0 Å². The van der Waals surface area contributed by atoms with Crippen molar-refractivity contribution in [2.45, 2.75) is 13.1 Å². The molecule has 0 radical (unpaired) electrons. The summed E-state index contributed by atoms with van der Waals surface area (Å²) < 4.78 is 3.82. The maximum Gasteiger partial charge on any atom is 0.0945 e. The van der Waals surface area contributed by atoms with E-state index in [1.807, 2.05) is 37.3 Å². The van der Waals surface area contributed by atoms with Gasteiger partial charge in [0.15, 0.2) is 0 Å².